The summed E-state index contributed by atoms with van der Waals surface area (Å²) in [5.41, 5.74) is 1.28. The van der Waals surface area contributed by atoms with E-state index in [2.05, 4.69) is 32.0 Å². The van der Waals surface area contributed by atoms with Crippen molar-refractivity contribution in [1.82, 2.24) is 0 Å². The Morgan fingerprint density at radius 2 is 0.609 bits per heavy atom. The maximum absolute atomic E-state index is 9.07. The van der Waals surface area contributed by atoms with Gasteiger partial charge in [-0.25, -0.2) is 0 Å². The smallest absolute Gasteiger partial charge is 0.123 e. The van der Waals surface area contributed by atoms with Crippen molar-refractivity contribution in [3.05, 3.63) is 29.8 Å². The molecule has 0 saturated carbocycles. The van der Waals surface area contributed by atoms with Crippen molar-refractivity contribution in [1.29, 1.82) is 0 Å². The van der Waals surface area contributed by atoms with Crippen LogP contribution >= 0.6 is 0 Å². The van der Waals surface area contributed by atoms with Gasteiger partial charge >= 0.3 is 0 Å². The number of aliphatic hydroxyl groups is 1. The first-order chi connectivity index (χ1) is 30.6. The molecule has 64 heavy (non-hydrogen) atoms. The summed E-state index contributed by atoms with van der Waals surface area (Å²) in [5, 5.41) is 9.07. The largest absolute Gasteiger partial charge is 0.488 e. The topological polar surface area (TPSA) is 131 Å². The third-order valence-corrected chi connectivity index (χ3v) is 10.4. The number of aryl methyl sites for hydroxylation is 1. The van der Waals surface area contributed by atoms with Crippen LogP contribution in [0.25, 0.3) is 0 Å². The van der Waals surface area contributed by atoms with Gasteiger partial charge in [0.15, 0.2) is 0 Å². The second-order valence-corrected chi connectivity index (χ2v) is 18.2. The Bertz CT molecular complexity index is 1200. The first-order valence-electron chi connectivity index (χ1n) is 24.7. The fourth-order valence-corrected chi connectivity index (χ4v) is 6.18. The molecule has 0 fully saturated rings. The normalized spacial score (nSPS) is 17.8. The van der Waals surface area contributed by atoms with Crippen LogP contribution in [0.4, 0.5) is 0 Å². The maximum Gasteiger partial charge on any atom is 0.123 e. The molecule has 12 atom stereocenters. The van der Waals surface area contributed by atoms with Crippen LogP contribution in [0.3, 0.4) is 0 Å². The van der Waals surface area contributed by atoms with E-state index in [1.54, 1.807) is 0 Å². The number of hydrogen-bond acceptors (Lipinski definition) is 13. The fourth-order valence-electron chi connectivity index (χ4n) is 6.18. The van der Waals surface area contributed by atoms with Gasteiger partial charge in [0.2, 0.25) is 0 Å². The molecule has 0 radical (unpaired) electrons. The Labute approximate surface area is 390 Å². The third kappa shape index (κ3) is 33.9. The molecule has 13 nitrogen and oxygen atoms in total. The minimum Gasteiger partial charge on any atom is -0.488 e. The van der Waals surface area contributed by atoms with E-state index in [1.165, 1.54) is 50.5 Å². The zero-order valence-electron chi connectivity index (χ0n) is 42.7. The van der Waals surface area contributed by atoms with Crippen LogP contribution < -0.4 is 4.74 Å². The SMILES string of the molecule is CCCCCCCCCc1ccccc1OC(C)COC(C)COC(C)COC(C)COC(C)COC(C)COC(C)COC(C)COC(C)COC(C)COC(C)COC(C)CO. The Balaban J connectivity index is 2.12. The number of hydrogen-bond donors (Lipinski definition) is 1. The Morgan fingerprint density at radius 3 is 0.922 bits per heavy atom. The fraction of sp³-hybridized carbons (Fsp3) is 0.882. The van der Waals surface area contributed by atoms with Crippen LogP contribution in [0.1, 0.15) is 141 Å². The number of para-hydroxylation sites is 1. The van der Waals surface area contributed by atoms with Gasteiger partial charge in [-0.05, 0) is 108 Å². The molecule has 0 aliphatic carbocycles. The third-order valence-electron chi connectivity index (χ3n) is 10.4. The second kappa shape index (κ2) is 38.5. The number of unbranched alkanes of at least 4 members (excludes halogenated alkanes) is 6. The highest BCUT2D eigenvalue weighted by molar-refractivity contribution is 5.33. The molecule has 0 heterocycles. The summed E-state index contributed by atoms with van der Waals surface area (Å²) in [6.07, 6.45) is 9.06. The highest BCUT2D eigenvalue weighted by Gasteiger charge is 2.17. The lowest BCUT2D eigenvalue weighted by molar-refractivity contribution is -0.113. The molecule has 0 spiro atoms. The zero-order valence-corrected chi connectivity index (χ0v) is 42.7. The van der Waals surface area contributed by atoms with Gasteiger partial charge in [-0.1, -0.05) is 63.6 Å². The van der Waals surface area contributed by atoms with Gasteiger partial charge in [0.1, 0.15) is 11.9 Å². The molecule has 1 aromatic rings. The molecule has 12 unspecified atom stereocenters. The Hall–Kier alpha value is -1.46. The summed E-state index contributed by atoms with van der Waals surface area (Å²) in [5.74, 6) is 0.964. The van der Waals surface area contributed by atoms with E-state index in [-0.39, 0.29) is 79.9 Å². The van der Waals surface area contributed by atoms with Crippen LogP contribution in [-0.4, -0.2) is 158 Å². The molecule has 0 aliphatic heterocycles. The van der Waals surface area contributed by atoms with Crippen molar-refractivity contribution < 1.29 is 61.9 Å². The van der Waals surface area contributed by atoms with Crippen molar-refractivity contribution in [3.8, 4) is 5.75 Å². The van der Waals surface area contributed by atoms with E-state index in [9.17, 15) is 0 Å². The first-order valence-corrected chi connectivity index (χ1v) is 24.7. The zero-order chi connectivity index (χ0) is 47.5. The van der Waals surface area contributed by atoms with Gasteiger partial charge in [-0.2, -0.15) is 0 Å². The van der Waals surface area contributed by atoms with Crippen molar-refractivity contribution in [2.45, 2.75) is 215 Å². The molecule has 1 N–H and O–H groups in total. The van der Waals surface area contributed by atoms with Crippen LogP contribution in [-0.2, 0) is 58.5 Å². The van der Waals surface area contributed by atoms with Crippen LogP contribution in [0.2, 0.25) is 0 Å². The lowest BCUT2D eigenvalue weighted by Crippen LogP contribution is -2.31. The monoisotopic (exact) mass is 917 g/mol. The molecule has 378 valence electrons. The second-order valence-electron chi connectivity index (χ2n) is 18.2. The summed E-state index contributed by atoms with van der Waals surface area (Å²) < 4.78 is 71.5. The minimum absolute atomic E-state index is 0.00628. The van der Waals surface area contributed by atoms with Crippen molar-refractivity contribution in [2.24, 2.45) is 0 Å². The van der Waals surface area contributed by atoms with Crippen molar-refractivity contribution >= 4 is 0 Å². The predicted octanol–water partition coefficient (Wildman–Crippen LogP) is 9.20. The lowest BCUT2D eigenvalue weighted by atomic mass is 10.0. The van der Waals surface area contributed by atoms with E-state index in [4.69, 9.17) is 61.9 Å². The van der Waals surface area contributed by atoms with E-state index >= 15 is 0 Å². The van der Waals surface area contributed by atoms with Crippen LogP contribution in [0.5, 0.6) is 5.75 Å². The number of ether oxygens (including phenoxy) is 12. The average molecular weight is 917 g/mol. The molecule has 0 aromatic heterocycles. The molecule has 1 rings (SSSR count). The van der Waals surface area contributed by atoms with Gasteiger partial charge < -0.3 is 61.9 Å². The molecular formula is C51H96O13. The highest BCUT2D eigenvalue weighted by Crippen LogP contribution is 2.22. The van der Waals surface area contributed by atoms with Crippen molar-refractivity contribution in [3.63, 3.8) is 0 Å². The van der Waals surface area contributed by atoms with Crippen LogP contribution in [0.15, 0.2) is 24.3 Å². The molecular weight excluding hydrogens is 821 g/mol. The number of rotatable bonds is 44. The highest BCUT2D eigenvalue weighted by atomic mass is 16.6. The van der Waals surface area contributed by atoms with E-state index in [0.29, 0.717) is 72.7 Å². The van der Waals surface area contributed by atoms with E-state index < -0.39 is 0 Å². The molecule has 13 heteroatoms. The predicted molar refractivity (Wildman–Crippen MR) is 255 cm³/mol. The Kier molecular flexibility index (Phi) is 36.4. The summed E-state index contributed by atoms with van der Waals surface area (Å²) in [6, 6.07) is 8.40. The molecule has 1 aromatic carbocycles. The van der Waals surface area contributed by atoms with Gasteiger partial charge in [0.25, 0.3) is 0 Å². The molecule has 0 amide bonds. The summed E-state index contributed by atoms with van der Waals surface area (Å²) in [4.78, 5) is 0. The van der Waals surface area contributed by atoms with Gasteiger partial charge in [0, 0.05) is 0 Å². The van der Waals surface area contributed by atoms with Gasteiger partial charge in [-0.15, -0.1) is 0 Å². The van der Waals surface area contributed by atoms with Gasteiger partial charge in [0.05, 0.1) is 146 Å². The van der Waals surface area contributed by atoms with E-state index in [1.807, 2.05) is 82.2 Å². The number of benzene rings is 1. The summed E-state index contributed by atoms with van der Waals surface area (Å²) >= 11 is 0. The maximum atomic E-state index is 9.07. The molecule has 0 bridgehead atoms. The lowest BCUT2D eigenvalue weighted by Gasteiger charge is -2.23. The minimum atomic E-state index is -0.198. The van der Waals surface area contributed by atoms with Crippen LogP contribution in [0, 0.1) is 0 Å². The average Bonchev–Trinajstić information content (AvgIpc) is 3.28. The standard InChI is InChI=1S/C51H96O13/c1-14-15-16-17-18-19-20-23-50-24-21-22-25-51(50)64-49(13)37-63-48(12)36-62-47(11)35-61-46(10)34-60-45(9)33-59-44(8)32-58-43(7)31-57-42(6)30-56-41(5)29-55-40(4)28-54-39(3)27-53-38(2)26-52/h21-22,24-25,38-49,52H,14-20,23,26-37H2,1-13H3. The van der Waals surface area contributed by atoms with Crippen molar-refractivity contribution in [2.75, 3.05) is 79.3 Å². The molecule has 0 aliphatic rings. The van der Waals surface area contributed by atoms with Gasteiger partial charge in [-0.3, -0.25) is 0 Å². The first kappa shape index (κ1) is 60.6. The quantitative estimate of drug-likeness (QED) is 0.0625. The number of aliphatic hydroxyl groups excluding tert-OH is 1. The Morgan fingerprint density at radius 1 is 0.344 bits per heavy atom. The van der Waals surface area contributed by atoms with E-state index in [0.717, 1.165) is 12.2 Å². The summed E-state index contributed by atoms with van der Waals surface area (Å²) in [7, 11) is 0. The summed E-state index contributed by atoms with van der Waals surface area (Å²) in [6.45, 7) is 31.1. The molecule has 0 saturated heterocycles.